The Bertz CT molecular complexity index is 310. The Morgan fingerprint density at radius 3 is 2.57 bits per heavy atom. The first-order valence-electron chi connectivity index (χ1n) is 4.36. The van der Waals surface area contributed by atoms with Crippen LogP contribution in [-0.2, 0) is 6.54 Å². The molecule has 3 heteroatoms. The van der Waals surface area contributed by atoms with Gasteiger partial charge in [0.1, 0.15) is 0 Å². The molecule has 1 aromatic rings. The van der Waals surface area contributed by atoms with Crippen molar-refractivity contribution < 1.29 is 4.79 Å². The topological polar surface area (TPSA) is 20.3 Å². The predicted octanol–water partition coefficient (Wildman–Crippen LogP) is 2.72. The molecule has 1 aromatic carbocycles. The van der Waals surface area contributed by atoms with Crippen LogP contribution in [0.25, 0.3) is 0 Å². The van der Waals surface area contributed by atoms with Gasteiger partial charge >= 0.3 is 0 Å². The van der Waals surface area contributed by atoms with Crippen LogP contribution in [0.5, 0.6) is 0 Å². The standard InChI is InChI=1S/C11H13NOS/c1-2-8-12(11(13)14)9-10-6-4-3-5-7-10/h2-7H,1,8-9H2,(H,13,14). The van der Waals surface area contributed by atoms with Crippen molar-refractivity contribution in [1.29, 1.82) is 0 Å². The third-order valence-electron chi connectivity index (χ3n) is 1.84. The second-order valence-electron chi connectivity index (χ2n) is 2.94. The molecule has 0 fully saturated rings. The number of amides is 1. The van der Waals surface area contributed by atoms with E-state index in [1.54, 1.807) is 11.0 Å². The van der Waals surface area contributed by atoms with Gasteiger partial charge in [-0.25, -0.2) is 0 Å². The molecule has 0 unspecified atom stereocenters. The van der Waals surface area contributed by atoms with Crippen LogP contribution in [-0.4, -0.2) is 16.7 Å². The molecule has 14 heavy (non-hydrogen) atoms. The Hall–Kier alpha value is -1.22. The summed E-state index contributed by atoms with van der Waals surface area (Å²) in [5.74, 6) is 0. The first-order chi connectivity index (χ1) is 6.74. The van der Waals surface area contributed by atoms with Gasteiger partial charge in [-0.3, -0.25) is 4.79 Å². The third-order valence-corrected chi connectivity index (χ3v) is 2.12. The van der Waals surface area contributed by atoms with Gasteiger partial charge in [-0.2, -0.15) is 0 Å². The Kier molecular flexibility index (Phi) is 4.26. The van der Waals surface area contributed by atoms with Gasteiger partial charge in [0, 0.05) is 13.1 Å². The molecule has 0 radical (unpaired) electrons. The third kappa shape index (κ3) is 3.26. The van der Waals surface area contributed by atoms with E-state index < -0.39 is 0 Å². The second kappa shape index (κ2) is 5.50. The van der Waals surface area contributed by atoms with E-state index in [0.29, 0.717) is 13.1 Å². The lowest BCUT2D eigenvalue weighted by Gasteiger charge is -2.18. The maximum absolute atomic E-state index is 11.1. The van der Waals surface area contributed by atoms with Gasteiger partial charge in [0.25, 0.3) is 5.24 Å². The van der Waals surface area contributed by atoms with Crippen LogP contribution in [0, 0.1) is 0 Å². The summed E-state index contributed by atoms with van der Waals surface area (Å²) < 4.78 is 0. The van der Waals surface area contributed by atoms with Crippen LogP contribution in [0.2, 0.25) is 0 Å². The summed E-state index contributed by atoms with van der Waals surface area (Å²) in [5.41, 5.74) is 1.09. The van der Waals surface area contributed by atoms with E-state index in [0.717, 1.165) is 5.56 Å². The lowest BCUT2D eigenvalue weighted by Crippen LogP contribution is -2.25. The Labute approximate surface area is 89.6 Å². The van der Waals surface area contributed by atoms with Gasteiger partial charge in [-0.15, -0.1) is 6.58 Å². The number of nitrogens with zero attached hydrogens (tertiary/aromatic N) is 1. The van der Waals surface area contributed by atoms with E-state index >= 15 is 0 Å². The highest BCUT2D eigenvalue weighted by Gasteiger charge is 2.07. The van der Waals surface area contributed by atoms with E-state index in [4.69, 9.17) is 0 Å². The zero-order valence-corrected chi connectivity index (χ0v) is 8.78. The lowest BCUT2D eigenvalue weighted by molar-refractivity contribution is 0.227. The van der Waals surface area contributed by atoms with Gasteiger partial charge in [-0.1, -0.05) is 49.0 Å². The van der Waals surface area contributed by atoms with Crippen molar-refractivity contribution in [2.45, 2.75) is 6.54 Å². The number of hydrogen-bond donors (Lipinski definition) is 1. The normalized spacial score (nSPS) is 9.50. The molecule has 0 aromatic heterocycles. The molecule has 0 bridgehead atoms. The molecular formula is C11H13NOS. The van der Waals surface area contributed by atoms with Crippen LogP contribution in [0.1, 0.15) is 5.56 Å². The molecule has 1 amide bonds. The Morgan fingerprint density at radius 2 is 2.07 bits per heavy atom. The molecule has 0 spiro atoms. The smallest absolute Gasteiger partial charge is 0.279 e. The highest BCUT2D eigenvalue weighted by molar-refractivity contribution is 7.96. The van der Waals surface area contributed by atoms with E-state index in [1.807, 2.05) is 30.3 Å². The summed E-state index contributed by atoms with van der Waals surface area (Å²) in [6, 6.07) is 9.80. The summed E-state index contributed by atoms with van der Waals surface area (Å²) in [4.78, 5) is 12.7. The quantitative estimate of drug-likeness (QED) is 0.594. The molecule has 2 nitrogen and oxygen atoms in total. The zero-order valence-electron chi connectivity index (χ0n) is 7.89. The summed E-state index contributed by atoms with van der Waals surface area (Å²) in [6.45, 7) is 4.70. The SMILES string of the molecule is C=CCN(Cc1ccccc1)C(=O)S. The maximum Gasteiger partial charge on any atom is 0.279 e. The molecule has 0 atom stereocenters. The summed E-state index contributed by atoms with van der Waals surface area (Å²) in [7, 11) is 0. The van der Waals surface area contributed by atoms with Crippen LogP contribution in [0.3, 0.4) is 0 Å². The average Bonchev–Trinajstić information content (AvgIpc) is 2.18. The lowest BCUT2D eigenvalue weighted by atomic mass is 10.2. The van der Waals surface area contributed by atoms with E-state index in [-0.39, 0.29) is 5.24 Å². The van der Waals surface area contributed by atoms with Gasteiger partial charge in [-0.05, 0) is 5.56 Å². The van der Waals surface area contributed by atoms with Crippen molar-refractivity contribution in [1.82, 2.24) is 4.90 Å². The molecule has 0 N–H and O–H groups in total. The highest BCUT2D eigenvalue weighted by Crippen LogP contribution is 2.06. The molecule has 0 aliphatic heterocycles. The van der Waals surface area contributed by atoms with Crippen LogP contribution in [0.15, 0.2) is 43.0 Å². The van der Waals surface area contributed by atoms with Gasteiger partial charge in [0.15, 0.2) is 0 Å². The van der Waals surface area contributed by atoms with Crippen molar-refractivity contribution in [3.63, 3.8) is 0 Å². The number of thiol groups is 1. The second-order valence-corrected chi connectivity index (χ2v) is 3.32. The van der Waals surface area contributed by atoms with Gasteiger partial charge in [0.2, 0.25) is 0 Å². The average molecular weight is 207 g/mol. The van der Waals surface area contributed by atoms with E-state index in [9.17, 15) is 4.79 Å². The number of hydrogen-bond acceptors (Lipinski definition) is 1. The molecule has 1 rings (SSSR count). The summed E-state index contributed by atoms with van der Waals surface area (Å²) >= 11 is 3.80. The van der Waals surface area contributed by atoms with Crippen molar-refractivity contribution in [2.24, 2.45) is 0 Å². The molecule has 0 aliphatic rings. The van der Waals surface area contributed by atoms with Crippen LogP contribution >= 0.6 is 12.6 Å². The molecule has 0 aliphatic carbocycles. The highest BCUT2D eigenvalue weighted by atomic mass is 32.1. The molecule has 74 valence electrons. The minimum absolute atomic E-state index is 0.228. The minimum atomic E-state index is -0.228. The number of benzene rings is 1. The van der Waals surface area contributed by atoms with Crippen molar-refractivity contribution in [3.8, 4) is 0 Å². The van der Waals surface area contributed by atoms with E-state index in [2.05, 4.69) is 19.2 Å². The fourth-order valence-electron chi connectivity index (χ4n) is 1.17. The molecule has 0 heterocycles. The summed E-state index contributed by atoms with van der Waals surface area (Å²) in [5, 5.41) is -0.228. The van der Waals surface area contributed by atoms with Crippen molar-refractivity contribution in [3.05, 3.63) is 48.6 Å². The molecular weight excluding hydrogens is 194 g/mol. The Morgan fingerprint density at radius 1 is 1.43 bits per heavy atom. The van der Waals surface area contributed by atoms with Crippen LogP contribution < -0.4 is 0 Å². The Balaban J connectivity index is 2.64. The first kappa shape index (κ1) is 10.9. The number of rotatable bonds is 4. The zero-order chi connectivity index (χ0) is 10.4. The fraction of sp³-hybridized carbons (Fsp3) is 0.182. The minimum Gasteiger partial charge on any atom is -0.326 e. The first-order valence-corrected chi connectivity index (χ1v) is 4.81. The number of carbonyl (C=O) groups is 1. The van der Waals surface area contributed by atoms with E-state index in [1.165, 1.54) is 0 Å². The van der Waals surface area contributed by atoms with Gasteiger partial charge < -0.3 is 4.90 Å². The monoisotopic (exact) mass is 207 g/mol. The molecule has 0 saturated carbocycles. The largest absolute Gasteiger partial charge is 0.326 e. The number of carbonyl (C=O) groups excluding carboxylic acids is 1. The predicted molar refractivity (Wildman–Crippen MR) is 61.4 cm³/mol. The molecule has 0 saturated heterocycles. The van der Waals surface area contributed by atoms with Gasteiger partial charge in [0.05, 0.1) is 0 Å². The summed E-state index contributed by atoms with van der Waals surface area (Å²) in [6.07, 6.45) is 1.69. The van der Waals surface area contributed by atoms with Crippen molar-refractivity contribution in [2.75, 3.05) is 6.54 Å². The maximum atomic E-state index is 11.1. The van der Waals surface area contributed by atoms with Crippen LogP contribution in [0.4, 0.5) is 4.79 Å². The van der Waals surface area contributed by atoms with Crippen molar-refractivity contribution >= 4 is 17.9 Å². The fourth-order valence-corrected chi connectivity index (χ4v) is 1.32.